The Hall–Kier alpha value is 0.739. The quantitative estimate of drug-likeness (QED) is 0.743. The van der Waals surface area contributed by atoms with Crippen molar-refractivity contribution in [3.63, 3.8) is 0 Å². The first-order chi connectivity index (χ1) is 4.85. The summed E-state index contributed by atoms with van der Waals surface area (Å²) in [4.78, 5) is 2.25. The summed E-state index contributed by atoms with van der Waals surface area (Å²) in [5, 5.41) is 11.3. The van der Waals surface area contributed by atoms with Gasteiger partial charge in [-0.05, 0) is 0 Å². The Labute approximate surface area is 75.6 Å². The molecule has 3 heteroatoms. The molecule has 0 amide bonds. The Balaban J connectivity index is 3.55. The minimum absolute atomic E-state index is 0.287. The van der Waals surface area contributed by atoms with E-state index in [2.05, 4.69) is 18.8 Å². The molecule has 0 heterocycles. The van der Waals surface area contributed by atoms with E-state index in [-0.39, 0.29) is 6.61 Å². The Morgan fingerprint density at radius 1 is 1.40 bits per heavy atom. The molecule has 0 rings (SSSR count). The van der Waals surface area contributed by atoms with Gasteiger partial charge < -0.3 is 0 Å². The van der Waals surface area contributed by atoms with E-state index in [1.54, 1.807) is 0 Å². The van der Waals surface area contributed by atoms with E-state index in [0.717, 1.165) is 0 Å². The van der Waals surface area contributed by atoms with Crippen LogP contribution >= 0.6 is 0 Å². The van der Waals surface area contributed by atoms with Gasteiger partial charge in [-0.2, -0.15) is 0 Å². The van der Waals surface area contributed by atoms with Crippen LogP contribution in [0.15, 0.2) is 9.45 Å². The molecular weight excluding hydrogens is 258 g/mol. The fourth-order valence-electron chi connectivity index (χ4n) is 0.479. The van der Waals surface area contributed by atoms with Crippen LogP contribution in [0.4, 0.5) is 0 Å². The summed E-state index contributed by atoms with van der Waals surface area (Å²) in [5.74, 6) is 0. The van der Waals surface area contributed by atoms with Gasteiger partial charge in [0.25, 0.3) is 0 Å². The second kappa shape index (κ2) is 7.84. The monoisotopic (exact) mass is 274 g/mol. The maximum atomic E-state index is 8.84. The van der Waals surface area contributed by atoms with Crippen LogP contribution in [0.1, 0.15) is 13.8 Å². The van der Waals surface area contributed by atoms with E-state index in [4.69, 9.17) is 5.11 Å². The molecule has 0 aliphatic heterocycles. The molecule has 0 aromatic rings. The molecule has 0 saturated heterocycles. The summed E-state index contributed by atoms with van der Waals surface area (Å²) >= 11 is 1.20. The van der Waals surface area contributed by atoms with Crippen LogP contribution in [-0.2, 0) is 0 Å². The van der Waals surface area contributed by atoms with Crippen molar-refractivity contribution in [3.05, 3.63) is 9.45 Å². The number of aliphatic hydroxyl groups is 1. The second-order valence-electron chi connectivity index (χ2n) is 1.63. The van der Waals surface area contributed by atoms with Crippen LogP contribution in [0.5, 0.6) is 0 Å². The maximum absolute atomic E-state index is 8.84. The van der Waals surface area contributed by atoms with Gasteiger partial charge in [0.1, 0.15) is 0 Å². The van der Waals surface area contributed by atoms with Crippen molar-refractivity contribution >= 4 is 29.9 Å². The predicted molar refractivity (Wildman–Crippen MR) is 47.6 cm³/mol. The second-order valence-corrected chi connectivity index (χ2v) is 6.95. The Kier molecular flexibility index (Phi) is 8.42. The zero-order valence-corrected chi connectivity index (χ0v) is 9.89. The van der Waals surface area contributed by atoms with Gasteiger partial charge >= 0.3 is 75.6 Å². The summed E-state index contributed by atoms with van der Waals surface area (Å²) in [6.07, 6.45) is 0. The molecule has 0 aliphatic rings. The van der Waals surface area contributed by atoms with Crippen LogP contribution in [0, 0.1) is 0 Å². The average Bonchev–Trinajstić information content (AvgIpc) is 1.98. The van der Waals surface area contributed by atoms with E-state index in [0.29, 0.717) is 29.9 Å². The number of aliphatic hydroxyl groups excluding tert-OH is 1. The third kappa shape index (κ3) is 5.52. The predicted octanol–water partition coefficient (Wildman–Crippen LogP) is 1.10. The van der Waals surface area contributed by atoms with E-state index in [9.17, 15) is 0 Å². The standard InChI is InChI=1S/C7H14OSe2/c1-3-9-6-7(5-8)10-4-2/h6,8H,3-5H2,1-2H3/b7-6+. The molecule has 0 spiro atoms. The average molecular weight is 272 g/mol. The van der Waals surface area contributed by atoms with Crippen LogP contribution in [0.25, 0.3) is 0 Å². The van der Waals surface area contributed by atoms with E-state index >= 15 is 0 Å². The van der Waals surface area contributed by atoms with Gasteiger partial charge in [-0.3, -0.25) is 0 Å². The van der Waals surface area contributed by atoms with Crippen molar-refractivity contribution in [2.75, 3.05) is 6.61 Å². The van der Waals surface area contributed by atoms with Crippen molar-refractivity contribution in [2.24, 2.45) is 0 Å². The molecule has 0 aromatic carbocycles. The molecule has 0 bridgehead atoms. The first kappa shape index (κ1) is 10.7. The summed E-state index contributed by atoms with van der Waals surface area (Å²) in [6, 6.07) is 0. The Bertz CT molecular complexity index is 102. The molecular formula is C7H14OSe2. The number of hydrogen-bond donors (Lipinski definition) is 1. The van der Waals surface area contributed by atoms with Crippen molar-refractivity contribution in [1.29, 1.82) is 0 Å². The SMILES string of the molecule is CC[Se]/C=C(\CO)[Se]CC. The zero-order valence-electron chi connectivity index (χ0n) is 6.46. The first-order valence-electron chi connectivity index (χ1n) is 3.39. The van der Waals surface area contributed by atoms with Gasteiger partial charge in [-0.25, -0.2) is 0 Å². The molecule has 0 saturated carbocycles. The summed E-state index contributed by atoms with van der Waals surface area (Å²) in [7, 11) is 0. The van der Waals surface area contributed by atoms with Crippen molar-refractivity contribution in [1.82, 2.24) is 0 Å². The Morgan fingerprint density at radius 2 is 2.10 bits per heavy atom. The summed E-state index contributed by atoms with van der Waals surface area (Å²) < 4.78 is 1.29. The van der Waals surface area contributed by atoms with Crippen molar-refractivity contribution in [2.45, 2.75) is 24.5 Å². The zero-order chi connectivity index (χ0) is 7.82. The minimum atomic E-state index is 0.287. The number of rotatable bonds is 5. The van der Waals surface area contributed by atoms with Gasteiger partial charge in [-0.1, -0.05) is 0 Å². The molecule has 1 nitrogen and oxygen atoms in total. The fraction of sp³-hybridized carbons (Fsp3) is 0.714. The van der Waals surface area contributed by atoms with E-state index in [1.165, 1.54) is 15.1 Å². The topological polar surface area (TPSA) is 20.2 Å². The Morgan fingerprint density at radius 3 is 2.50 bits per heavy atom. The van der Waals surface area contributed by atoms with Crippen LogP contribution in [0.2, 0.25) is 10.6 Å². The normalized spacial score (nSPS) is 12.1. The molecule has 0 radical (unpaired) electrons. The van der Waals surface area contributed by atoms with Crippen LogP contribution < -0.4 is 0 Å². The summed E-state index contributed by atoms with van der Waals surface area (Å²) in [5.41, 5.74) is 0. The van der Waals surface area contributed by atoms with E-state index < -0.39 is 0 Å². The van der Waals surface area contributed by atoms with Crippen molar-refractivity contribution in [3.8, 4) is 0 Å². The molecule has 0 unspecified atom stereocenters. The van der Waals surface area contributed by atoms with Gasteiger partial charge in [-0.15, -0.1) is 0 Å². The number of hydrogen-bond acceptors (Lipinski definition) is 1. The van der Waals surface area contributed by atoms with Gasteiger partial charge in [0, 0.05) is 0 Å². The van der Waals surface area contributed by atoms with E-state index in [1.807, 2.05) is 0 Å². The third-order valence-electron chi connectivity index (χ3n) is 0.867. The molecule has 60 valence electrons. The molecule has 0 fully saturated rings. The summed E-state index contributed by atoms with van der Waals surface area (Å²) in [6.45, 7) is 4.64. The molecule has 0 atom stereocenters. The molecule has 0 aromatic heterocycles. The molecule has 0 aliphatic carbocycles. The van der Waals surface area contributed by atoms with Gasteiger partial charge in [0.2, 0.25) is 0 Å². The molecule has 1 N–H and O–H groups in total. The van der Waals surface area contributed by atoms with Crippen LogP contribution in [-0.4, -0.2) is 41.6 Å². The van der Waals surface area contributed by atoms with Gasteiger partial charge in [0.15, 0.2) is 0 Å². The molecule has 10 heavy (non-hydrogen) atoms. The van der Waals surface area contributed by atoms with Gasteiger partial charge in [0.05, 0.1) is 0 Å². The van der Waals surface area contributed by atoms with Crippen LogP contribution in [0.3, 0.4) is 0 Å². The van der Waals surface area contributed by atoms with Crippen molar-refractivity contribution < 1.29 is 5.11 Å². The third-order valence-corrected chi connectivity index (χ3v) is 5.17. The fourth-order valence-corrected chi connectivity index (χ4v) is 3.97. The first-order valence-corrected chi connectivity index (χ1v) is 7.66.